The number of nitrogens with one attached hydrogen (secondary N) is 1. The number of benzene rings is 3. The third kappa shape index (κ3) is 8.42. The highest BCUT2D eigenvalue weighted by atomic mass is 32.2. The molecule has 1 heterocycles. The Morgan fingerprint density at radius 2 is 1.52 bits per heavy atom. The maximum atomic E-state index is 12.0. The summed E-state index contributed by atoms with van der Waals surface area (Å²) in [6.07, 6.45) is -0.836. The Morgan fingerprint density at radius 1 is 0.857 bits per heavy atom. The normalized spacial score (nSPS) is 20.1. The zero-order valence-corrected chi connectivity index (χ0v) is 24.1. The van der Waals surface area contributed by atoms with Gasteiger partial charge >= 0.3 is 11.9 Å². The van der Waals surface area contributed by atoms with Gasteiger partial charge in [0.1, 0.15) is 0 Å². The second-order valence-electron chi connectivity index (χ2n) is 10.2. The minimum atomic E-state index is -0.977. The van der Waals surface area contributed by atoms with Crippen molar-refractivity contribution in [1.82, 2.24) is 5.32 Å². The standard InChI is InChI=1S/C32H35NO8S/c1-20-26(19-42-27-6-3-2-5-25(27)31(38)39)40-32(41-30(20)23-13-11-22(18-34)12-14-23)24-15-9-21(10-16-24)17-33-28(35)7-4-8-29(36)37/h2-3,5-6,9-16,20,26,30,32,34H,4,7-8,17-19H2,1H3,(H,33,35)(H,36,37)(H,38,39)/t20-,26+,30+,32+/m0/s1. The van der Waals surface area contributed by atoms with Gasteiger partial charge in [0.2, 0.25) is 5.91 Å². The summed E-state index contributed by atoms with van der Waals surface area (Å²) in [5, 5.41) is 30.6. The van der Waals surface area contributed by atoms with Gasteiger partial charge in [0, 0.05) is 41.5 Å². The van der Waals surface area contributed by atoms with E-state index in [1.165, 1.54) is 11.8 Å². The van der Waals surface area contributed by atoms with E-state index in [1.54, 1.807) is 18.2 Å². The molecule has 9 nitrogen and oxygen atoms in total. The van der Waals surface area contributed by atoms with Crippen molar-refractivity contribution in [2.75, 3.05) is 5.75 Å². The first-order valence-electron chi connectivity index (χ1n) is 13.8. The van der Waals surface area contributed by atoms with Crippen LogP contribution in [0.1, 0.15) is 71.2 Å². The van der Waals surface area contributed by atoms with Crippen molar-refractivity contribution in [2.45, 2.75) is 62.7 Å². The van der Waals surface area contributed by atoms with Gasteiger partial charge in [0.25, 0.3) is 0 Å². The Hall–Kier alpha value is -3.70. The highest BCUT2D eigenvalue weighted by Gasteiger charge is 2.38. The van der Waals surface area contributed by atoms with Crippen LogP contribution in [0.4, 0.5) is 0 Å². The van der Waals surface area contributed by atoms with Gasteiger partial charge in [0.05, 0.1) is 24.4 Å². The van der Waals surface area contributed by atoms with E-state index in [0.717, 1.165) is 22.3 Å². The molecule has 0 saturated carbocycles. The largest absolute Gasteiger partial charge is 0.481 e. The lowest BCUT2D eigenvalue weighted by atomic mass is 9.91. The van der Waals surface area contributed by atoms with Gasteiger partial charge in [-0.3, -0.25) is 9.59 Å². The van der Waals surface area contributed by atoms with Crippen LogP contribution in [0.25, 0.3) is 0 Å². The van der Waals surface area contributed by atoms with Gasteiger partial charge in [-0.25, -0.2) is 4.79 Å². The zero-order valence-electron chi connectivity index (χ0n) is 23.3. The number of carboxylic acids is 2. The first-order chi connectivity index (χ1) is 20.2. The van der Waals surface area contributed by atoms with Crippen molar-refractivity contribution in [2.24, 2.45) is 5.92 Å². The molecular formula is C32H35NO8S. The number of carboxylic acid groups (broad SMARTS) is 2. The van der Waals surface area contributed by atoms with Gasteiger partial charge < -0.3 is 30.1 Å². The summed E-state index contributed by atoms with van der Waals surface area (Å²) < 4.78 is 12.9. The predicted molar refractivity (Wildman–Crippen MR) is 157 cm³/mol. The predicted octanol–water partition coefficient (Wildman–Crippen LogP) is 5.33. The molecule has 222 valence electrons. The molecular weight excluding hydrogens is 558 g/mol. The molecule has 1 aliphatic heterocycles. The fourth-order valence-corrected chi connectivity index (χ4v) is 5.94. The molecule has 1 aliphatic rings. The molecule has 4 rings (SSSR count). The Labute approximate surface area is 248 Å². The molecule has 4 N–H and O–H groups in total. The van der Waals surface area contributed by atoms with Gasteiger partial charge in [-0.2, -0.15) is 0 Å². The van der Waals surface area contributed by atoms with E-state index in [1.807, 2.05) is 54.6 Å². The number of amides is 1. The van der Waals surface area contributed by atoms with Crippen LogP contribution >= 0.6 is 11.8 Å². The SMILES string of the molecule is C[C@H]1[C@@H](CSc2ccccc2C(=O)O)O[C@@H](c2ccc(CNC(=O)CCCC(=O)O)cc2)O[C@H]1c1ccc(CO)cc1. The summed E-state index contributed by atoms with van der Waals surface area (Å²) in [5.41, 5.74) is 3.69. The summed E-state index contributed by atoms with van der Waals surface area (Å²) in [4.78, 5) is 35.1. The molecule has 3 aromatic rings. The lowest BCUT2D eigenvalue weighted by molar-refractivity contribution is -0.268. The molecule has 4 atom stereocenters. The molecule has 3 aromatic carbocycles. The van der Waals surface area contributed by atoms with Crippen LogP contribution in [0.5, 0.6) is 0 Å². The highest BCUT2D eigenvalue weighted by molar-refractivity contribution is 7.99. The summed E-state index contributed by atoms with van der Waals surface area (Å²) in [7, 11) is 0. The third-order valence-corrected chi connectivity index (χ3v) is 8.34. The second-order valence-corrected chi connectivity index (χ2v) is 11.3. The number of thioether (sulfide) groups is 1. The Balaban J connectivity index is 1.48. The molecule has 0 aliphatic carbocycles. The van der Waals surface area contributed by atoms with Crippen molar-refractivity contribution in [3.8, 4) is 0 Å². The number of aliphatic carboxylic acids is 1. The summed E-state index contributed by atoms with van der Waals surface area (Å²) in [6, 6.07) is 22.1. The number of ether oxygens (including phenoxy) is 2. The van der Waals surface area contributed by atoms with Crippen LogP contribution in [0, 0.1) is 5.92 Å². The minimum absolute atomic E-state index is 0.0414. The molecule has 10 heteroatoms. The van der Waals surface area contributed by atoms with Crippen molar-refractivity contribution in [3.63, 3.8) is 0 Å². The fraction of sp³-hybridized carbons (Fsp3) is 0.344. The summed E-state index contributed by atoms with van der Waals surface area (Å²) in [5.74, 6) is -1.64. The van der Waals surface area contributed by atoms with Gasteiger partial charge in [-0.05, 0) is 35.2 Å². The van der Waals surface area contributed by atoms with E-state index in [-0.39, 0.29) is 49.0 Å². The van der Waals surface area contributed by atoms with Crippen molar-refractivity contribution >= 4 is 29.6 Å². The molecule has 0 aromatic heterocycles. The van der Waals surface area contributed by atoms with Crippen LogP contribution in [0.3, 0.4) is 0 Å². The lowest BCUT2D eigenvalue weighted by Crippen LogP contribution is -2.38. The number of aliphatic hydroxyl groups excluding tert-OH is 1. The highest BCUT2D eigenvalue weighted by Crippen LogP contribution is 2.43. The molecule has 0 spiro atoms. The van der Waals surface area contributed by atoms with E-state index < -0.39 is 18.2 Å². The van der Waals surface area contributed by atoms with Crippen LogP contribution in [-0.4, -0.2) is 45.0 Å². The topological polar surface area (TPSA) is 142 Å². The van der Waals surface area contributed by atoms with Crippen molar-refractivity contribution < 1.29 is 39.2 Å². The molecule has 1 amide bonds. The third-order valence-electron chi connectivity index (χ3n) is 7.18. The summed E-state index contributed by atoms with van der Waals surface area (Å²) in [6.45, 7) is 2.32. The number of aliphatic hydroxyl groups is 1. The number of carbonyl (C=O) groups is 3. The number of carbonyl (C=O) groups excluding carboxylic acids is 1. The smallest absolute Gasteiger partial charge is 0.336 e. The Morgan fingerprint density at radius 3 is 2.19 bits per heavy atom. The zero-order chi connectivity index (χ0) is 30.1. The lowest BCUT2D eigenvalue weighted by Gasteiger charge is -2.41. The maximum Gasteiger partial charge on any atom is 0.336 e. The molecule has 0 bridgehead atoms. The second kappa shape index (κ2) is 15.0. The van der Waals surface area contributed by atoms with Crippen LogP contribution in [-0.2, 0) is 32.2 Å². The summed E-state index contributed by atoms with van der Waals surface area (Å²) >= 11 is 1.44. The molecule has 0 unspecified atom stereocenters. The van der Waals surface area contributed by atoms with Gasteiger partial charge in [0.15, 0.2) is 6.29 Å². The monoisotopic (exact) mass is 593 g/mol. The van der Waals surface area contributed by atoms with E-state index in [9.17, 15) is 24.6 Å². The molecule has 0 radical (unpaired) electrons. The van der Waals surface area contributed by atoms with E-state index >= 15 is 0 Å². The van der Waals surface area contributed by atoms with E-state index in [4.69, 9.17) is 14.6 Å². The van der Waals surface area contributed by atoms with Crippen molar-refractivity contribution in [3.05, 3.63) is 101 Å². The average Bonchev–Trinajstić information content (AvgIpc) is 3.00. The Bertz CT molecular complexity index is 1360. The quantitative estimate of drug-likeness (QED) is 0.193. The average molecular weight is 594 g/mol. The molecule has 1 saturated heterocycles. The van der Waals surface area contributed by atoms with Crippen LogP contribution in [0.15, 0.2) is 77.7 Å². The van der Waals surface area contributed by atoms with Gasteiger partial charge in [-0.15, -0.1) is 11.8 Å². The number of aromatic carboxylic acids is 1. The minimum Gasteiger partial charge on any atom is -0.481 e. The molecule has 42 heavy (non-hydrogen) atoms. The van der Waals surface area contributed by atoms with Gasteiger partial charge in [-0.1, -0.05) is 67.6 Å². The number of hydrogen-bond acceptors (Lipinski definition) is 7. The van der Waals surface area contributed by atoms with Crippen LogP contribution < -0.4 is 5.32 Å². The number of hydrogen-bond donors (Lipinski definition) is 4. The fourth-order valence-electron chi connectivity index (χ4n) is 4.73. The first-order valence-corrected chi connectivity index (χ1v) is 14.8. The van der Waals surface area contributed by atoms with E-state index in [0.29, 0.717) is 23.6 Å². The Kier molecular flexibility index (Phi) is 11.1. The number of rotatable bonds is 13. The first kappa shape index (κ1) is 31.2. The van der Waals surface area contributed by atoms with Crippen LogP contribution in [0.2, 0.25) is 0 Å². The van der Waals surface area contributed by atoms with E-state index in [2.05, 4.69) is 12.2 Å². The maximum absolute atomic E-state index is 12.0. The molecule has 1 fully saturated rings. The van der Waals surface area contributed by atoms with Crippen molar-refractivity contribution in [1.29, 1.82) is 0 Å².